The number of hydrogen-bond acceptors (Lipinski definition) is 4. The van der Waals surface area contributed by atoms with Gasteiger partial charge in [-0.2, -0.15) is 0 Å². The number of benzene rings is 1. The molecule has 0 bridgehead atoms. The highest BCUT2D eigenvalue weighted by Gasteiger charge is 2.08. The van der Waals surface area contributed by atoms with E-state index < -0.39 is 0 Å². The number of nitrogen functional groups attached to an aromatic ring is 1. The number of nitrogens with zero attached hydrogens (tertiary/aromatic N) is 3. The molecule has 0 aliphatic heterocycles. The zero-order valence-electron chi connectivity index (χ0n) is 9.09. The molecule has 3 N–H and O–H groups in total. The van der Waals surface area contributed by atoms with Gasteiger partial charge in [0.05, 0.1) is 5.69 Å². The van der Waals surface area contributed by atoms with Crippen molar-refractivity contribution in [3.8, 4) is 11.3 Å². The molecule has 90 valence electrons. The Morgan fingerprint density at radius 2 is 2.00 bits per heavy atom. The summed E-state index contributed by atoms with van der Waals surface area (Å²) in [5.74, 6) is 0.398. The first-order valence-corrected chi connectivity index (χ1v) is 5.52. The topological polar surface area (TPSA) is 89.1 Å². The summed E-state index contributed by atoms with van der Waals surface area (Å²) in [5, 5.41) is 6.97. The van der Waals surface area contributed by atoms with E-state index in [1.165, 1.54) is 10.5 Å². The second-order valence-electron chi connectivity index (χ2n) is 3.73. The van der Waals surface area contributed by atoms with E-state index in [-0.39, 0.29) is 11.5 Å². The van der Waals surface area contributed by atoms with Gasteiger partial charge in [0.25, 0.3) is 5.56 Å². The Morgan fingerprint density at radius 1 is 1.28 bits per heavy atom. The molecular formula is C11H8ClN5O. The van der Waals surface area contributed by atoms with Crippen LogP contribution in [0.3, 0.4) is 0 Å². The molecule has 0 unspecified atom stereocenters. The van der Waals surface area contributed by atoms with Crippen LogP contribution in [0.4, 0.5) is 5.95 Å². The molecule has 3 rings (SSSR count). The summed E-state index contributed by atoms with van der Waals surface area (Å²) in [7, 11) is 0. The van der Waals surface area contributed by atoms with Gasteiger partial charge < -0.3 is 5.73 Å². The predicted octanol–water partition coefficient (Wildman–Crippen LogP) is 1.32. The minimum absolute atomic E-state index is 0.0881. The number of nitrogens with one attached hydrogen (secondary N) is 1. The lowest BCUT2D eigenvalue weighted by Crippen LogP contribution is -2.15. The fraction of sp³-hybridized carbons (Fsp3) is 0. The van der Waals surface area contributed by atoms with Gasteiger partial charge in [-0.3, -0.25) is 4.79 Å². The number of aromatic amines is 1. The molecule has 0 fully saturated rings. The van der Waals surface area contributed by atoms with Gasteiger partial charge in [-0.15, -0.1) is 5.10 Å². The fourth-order valence-electron chi connectivity index (χ4n) is 1.70. The highest BCUT2D eigenvalue weighted by Crippen LogP contribution is 2.18. The third-order valence-electron chi connectivity index (χ3n) is 2.56. The van der Waals surface area contributed by atoms with Crippen molar-refractivity contribution in [3.63, 3.8) is 0 Å². The molecule has 0 atom stereocenters. The van der Waals surface area contributed by atoms with Gasteiger partial charge in [-0.1, -0.05) is 23.7 Å². The van der Waals surface area contributed by atoms with E-state index in [0.717, 1.165) is 5.56 Å². The molecule has 0 aliphatic carbocycles. The van der Waals surface area contributed by atoms with Gasteiger partial charge >= 0.3 is 0 Å². The molecule has 0 spiro atoms. The van der Waals surface area contributed by atoms with Crippen LogP contribution in [0.1, 0.15) is 0 Å². The molecular weight excluding hydrogens is 254 g/mol. The molecule has 6 nitrogen and oxygen atoms in total. The van der Waals surface area contributed by atoms with Crippen molar-refractivity contribution in [2.24, 2.45) is 0 Å². The zero-order valence-corrected chi connectivity index (χ0v) is 9.85. The minimum atomic E-state index is -0.281. The average Bonchev–Trinajstić information content (AvgIpc) is 2.72. The van der Waals surface area contributed by atoms with Crippen LogP contribution in [0.2, 0.25) is 5.02 Å². The summed E-state index contributed by atoms with van der Waals surface area (Å²) in [6.07, 6.45) is 0. The molecule has 0 saturated carbocycles. The fourth-order valence-corrected chi connectivity index (χ4v) is 1.83. The van der Waals surface area contributed by atoms with E-state index in [4.69, 9.17) is 17.3 Å². The van der Waals surface area contributed by atoms with E-state index in [1.54, 1.807) is 24.3 Å². The van der Waals surface area contributed by atoms with E-state index in [2.05, 4.69) is 15.2 Å². The number of hydrogen-bond donors (Lipinski definition) is 2. The lowest BCUT2D eigenvalue weighted by atomic mass is 10.1. The largest absolute Gasteiger partial charge is 0.368 e. The summed E-state index contributed by atoms with van der Waals surface area (Å²) in [6.45, 7) is 0. The first-order chi connectivity index (χ1) is 8.65. The highest BCUT2D eigenvalue weighted by atomic mass is 35.5. The van der Waals surface area contributed by atoms with Crippen LogP contribution in [0.25, 0.3) is 17.0 Å². The monoisotopic (exact) mass is 261 g/mol. The van der Waals surface area contributed by atoms with Crippen molar-refractivity contribution in [3.05, 3.63) is 45.7 Å². The SMILES string of the molecule is Nc1n[nH]c2nc(-c3ccc(Cl)cc3)cc(=O)n12. The number of nitrogens with two attached hydrogens (primary N) is 1. The van der Waals surface area contributed by atoms with Gasteiger partial charge in [0, 0.05) is 16.7 Å². The molecule has 3 aromatic rings. The van der Waals surface area contributed by atoms with Crippen LogP contribution in [0.5, 0.6) is 0 Å². The first kappa shape index (κ1) is 10.8. The smallest absolute Gasteiger partial charge is 0.262 e. The van der Waals surface area contributed by atoms with Crippen LogP contribution in [-0.2, 0) is 0 Å². The summed E-state index contributed by atoms with van der Waals surface area (Å²) < 4.78 is 1.21. The third-order valence-corrected chi connectivity index (χ3v) is 2.81. The van der Waals surface area contributed by atoms with Crippen LogP contribution >= 0.6 is 11.6 Å². The molecule has 1 aromatic carbocycles. The minimum Gasteiger partial charge on any atom is -0.368 e. The van der Waals surface area contributed by atoms with Crippen LogP contribution < -0.4 is 11.3 Å². The van der Waals surface area contributed by atoms with E-state index in [9.17, 15) is 4.79 Å². The Balaban J connectivity index is 2.25. The molecule has 7 heteroatoms. The Kier molecular flexibility index (Phi) is 2.31. The predicted molar refractivity (Wildman–Crippen MR) is 68.5 cm³/mol. The summed E-state index contributed by atoms with van der Waals surface area (Å²) in [6, 6.07) is 8.46. The normalized spacial score (nSPS) is 10.9. The van der Waals surface area contributed by atoms with Gasteiger partial charge in [0.1, 0.15) is 0 Å². The number of aromatic nitrogens is 4. The molecule has 0 amide bonds. The van der Waals surface area contributed by atoms with Gasteiger partial charge in [0.15, 0.2) is 0 Å². The number of anilines is 1. The van der Waals surface area contributed by atoms with Crippen molar-refractivity contribution in [2.75, 3.05) is 5.73 Å². The number of H-pyrrole nitrogens is 1. The molecule has 18 heavy (non-hydrogen) atoms. The summed E-state index contributed by atoms with van der Waals surface area (Å²) in [5.41, 5.74) is 6.61. The maximum atomic E-state index is 11.9. The molecule has 2 aromatic heterocycles. The van der Waals surface area contributed by atoms with Gasteiger partial charge in [0.2, 0.25) is 11.7 Å². The first-order valence-electron chi connectivity index (χ1n) is 5.15. The van der Waals surface area contributed by atoms with Crippen molar-refractivity contribution < 1.29 is 0 Å². The van der Waals surface area contributed by atoms with Crippen molar-refractivity contribution in [2.45, 2.75) is 0 Å². The third kappa shape index (κ3) is 1.63. The van der Waals surface area contributed by atoms with E-state index in [1.807, 2.05) is 0 Å². The van der Waals surface area contributed by atoms with Crippen molar-refractivity contribution in [1.82, 2.24) is 19.6 Å². The molecule has 2 heterocycles. The Bertz CT molecular complexity index is 774. The maximum absolute atomic E-state index is 11.9. The molecule has 0 saturated heterocycles. The van der Waals surface area contributed by atoms with Crippen molar-refractivity contribution >= 4 is 23.3 Å². The quantitative estimate of drug-likeness (QED) is 0.691. The van der Waals surface area contributed by atoms with Crippen molar-refractivity contribution in [1.29, 1.82) is 0 Å². The molecule has 0 radical (unpaired) electrons. The highest BCUT2D eigenvalue weighted by molar-refractivity contribution is 6.30. The van der Waals surface area contributed by atoms with Gasteiger partial charge in [-0.25, -0.2) is 14.5 Å². The van der Waals surface area contributed by atoms with Crippen LogP contribution in [-0.4, -0.2) is 19.6 Å². The standard InChI is InChI=1S/C11H8ClN5O/c12-7-3-1-6(2-4-7)8-5-9(18)17-10(13)15-16-11(17)14-8/h1-5H,(H2,13,15)(H,14,16). The number of rotatable bonds is 1. The maximum Gasteiger partial charge on any atom is 0.262 e. The van der Waals surface area contributed by atoms with E-state index in [0.29, 0.717) is 16.5 Å². The Hall–Kier alpha value is -2.34. The van der Waals surface area contributed by atoms with E-state index >= 15 is 0 Å². The lowest BCUT2D eigenvalue weighted by Gasteiger charge is -2.01. The van der Waals surface area contributed by atoms with Gasteiger partial charge in [-0.05, 0) is 12.1 Å². The lowest BCUT2D eigenvalue weighted by molar-refractivity contribution is 1.07. The van der Waals surface area contributed by atoms with Crippen LogP contribution in [0.15, 0.2) is 35.1 Å². The second-order valence-corrected chi connectivity index (χ2v) is 4.16. The van der Waals surface area contributed by atoms with Crippen LogP contribution in [0, 0.1) is 0 Å². The second kappa shape index (κ2) is 3.85. The number of fused-ring (bicyclic) bond motifs is 1. The summed E-state index contributed by atoms with van der Waals surface area (Å²) >= 11 is 5.81. The number of halogens is 1. The Labute approximate surface area is 106 Å². The Morgan fingerprint density at radius 3 is 2.72 bits per heavy atom. The average molecular weight is 262 g/mol. The zero-order chi connectivity index (χ0) is 12.7. The molecule has 0 aliphatic rings. The summed E-state index contributed by atoms with van der Waals surface area (Å²) in [4.78, 5) is 16.2.